The van der Waals surface area contributed by atoms with Crippen molar-refractivity contribution >= 4 is 39.0 Å². The first-order valence-electron chi connectivity index (χ1n) is 21.9. The molecule has 0 bridgehead atoms. The molecule has 0 spiro atoms. The molecule has 0 fully saturated rings. The van der Waals surface area contributed by atoms with Gasteiger partial charge in [-0.15, -0.1) is 0 Å². The van der Waals surface area contributed by atoms with Crippen LogP contribution in [0.15, 0.2) is 180 Å². The van der Waals surface area contributed by atoms with E-state index in [4.69, 9.17) is 4.42 Å². The molecule has 0 amide bonds. The fourth-order valence-corrected chi connectivity index (χ4v) is 10.6. The van der Waals surface area contributed by atoms with Gasteiger partial charge in [0.2, 0.25) is 0 Å². The molecule has 8 aromatic carbocycles. The molecule has 2 heteroatoms. The summed E-state index contributed by atoms with van der Waals surface area (Å²) < 4.78 is 6.41. The monoisotopic (exact) mass is 789 g/mol. The minimum atomic E-state index is -0.146. The van der Waals surface area contributed by atoms with Crippen molar-refractivity contribution < 1.29 is 4.42 Å². The highest BCUT2D eigenvalue weighted by Crippen LogP contribution is 2.53. The van der Waals surface area contributed by atoms with Crippen LogP contribution >= 0.6 is 0 Å². The Morgan fingerprint density at radius 2 is 1.02 bits per heavy atom. The van der Waals surface area contributed by atoms with Crippen LogP contribution in [0.3, 0.4) is 0 Å². The summed E-state index contributed by atoms with van der Waals surface area (Å²) in [6, 6.07) is 65.3. The quantitative estimate of drug-likeness (QED) is 0.167. The lowest BCUT2D eigenvalue weighted by atomic mass is 9.63. The van der Waals surface area contributed by atoms with Crippen LogP contribution in [-0.2, 0) is 16.2 Å². The summed E-state index contributed by atoms with van der Waals surface area (Å²) in [5.74, 6) is 0. The number of rotatable bonds is 6. The van der Waals surface area contributed by atoms with E-state index in [9.17, 15) is 0 Å². The minimum absolute atomic E-state index is 0.0780. The molecule has 61 heavy (non-hydrogen) atoms. The Balaban J connectivity index is 1.18. The van der Waals surface area contributed by atoms with Crippen molar-refractivity contribution in [3.63, 3.8) is 0 Å². The summed E-state index contributed by atoms with van der Waals surface area (Å²) in [6.45, 7) is 14.4. The molecule has 298 valence electrons. The Morgan fingerprint density at radius 3 is 1.84 bits per heavy atom. The minimum Gasteiger partial charge on any atom is -0.456 e. The van der Waals surface area contributed by atoms with Gasteiger partial charge in [0.1, 0.15) is 11.2 Å². The Morgan fingerprint density at radius 1 is 0.393 bits per heavy atom. The van der Waals surface area contributed by atoms with Crippen molar-refractivity contribution in [1.29, 1.82) is 0 Å². The van der Waals surface area contributed by atoms with Crippen LogP contribution in [0.5, 0.6) is 0 Å². The predicted molar refractivity (Wildman–Crippen MR) is 258 cm³/mol. The number of hydrogen-bond acceptors (Lipinski definition) is 2. The van der Waals surface area contributed by atoms with E-state index in [1.165, 1.54) is 74.0 Å². The second kappa shape index (κ2) is 13.7. The van der Waals surface area contributed by atoms with Gasteiger partial charge < -0.3 is 9.32 Å². The molecule has 9 aromatic rings. The van der Waals surface area contributed by atoms with Gasteiger partial charge in [-0.3, -0.25) is 0 Å². The fourth-order valence-electron chi connectivity index (χ4n) is 10.6. The smallest absolute Gasteiger partial charge is 0.135 e. The van der Waals surface area contributed by atoms with Gasteiger partial charge in [0.25, 0.3) is 0 Å². The van der Waals surface area contributed by atoms with E-state index in [1.807, 2.05) is 0 Å². The highest BCUT2D eigenvalue weighted by molar-refractivity contribution is 6.08. The summed E-state index contributed by atoms with van der Waals surface area (Å²) in [6.07, 6.45) is 2.35. The van der Waals surface area contributed by atoms with Gasteiger partial charge in [0.15, 0.2) is 0 Å². The maximum Gasteiger partial charge on any atom is 0.135 e. The molecule has 1 heterocycles. The molecule has 0 unspecified atom stereocenters. The first kappa shape index (κ1) is 37.4. The van der Waals surface area contributed by atoms with Crippen LogP contribution in [0.2, 0.25) is 0 Å². The molecule has 2 nitrogen and oxygen atoms in total. The Hall–Kier alpha value is -6.64. The van der Waals surface area contributed by atoms with E-state index >= 15 is 0 Å². The molecule has 0 radical (unpaired) electrons. The molecule has 0 saturated carbocycles. The number of para-hydroxylation sites is 1. The summed E-state index contributed by atoms with van der Waals surface area (Å²) in [5, 5.41) is 2.25. The van der Waals surface area contributed by atoms with Crippen LogP contribution in [-0.4, -0.2) is 0 Å². The van der Waals surface area contributed by atoms with Crippen LogP contribution < -0.4 is 4.90 Å². The van der Waals surface area contributed by atoms with E-state index in [2.05, 4.69) is 222 Å². The van der Waals surface area contributed by atoms with Gasteiger partial charge in [0, 0.05) is 33.1 Å². The molecule has 2 aliphatic carbocycles. The fraction of sp³-hybridized carbons (Fsp3) is 0.186. The third-order valence-corrected chi connectivity index (χ3v) is 14.2. The van der Waals surface area contributed by atoms with Gasteiger partial charge in [-0.05, 0) is 133 Å². The van der Waals surface area contributed by atoms with Crippen molar-refractivity contribution in [2.75, 3.05) is 4.90 Å². The SMILES string of the molecule is CC1(C)CCC(C)(C)c2cc(-c3cccc(N(c4ccc(-c5ccccc5)cc4)c4ccc5c(c4)C(C)(C)c4ccccc4-5)c3-c3ccc4oc5ccccc5c4c3)ccc21. The molecule has 11 rings (SSSR count). The van der Waals surface area contributed by atoms with Crippen molar-refractivity contribution in [3.8, 4) is 44.5 Å². The maximum atomic E-state index is 6.41. The Labute approximate surface area is 360 Å². The van der Waals surface area contributed by atoms with Crippen LogP contribution in [0, 0.1) is 0 Å². The molecule has 1 aromatic heterocycles. The van der Waals surface area contributed by atoms with Crippen LogP contribution in [0.25, 0.3) is 66.4 Å². The van der Waals surface area contributed by atoms with Gasteiger partial charge in [-0.1, -0.05) is 169 Å². The lowest BCUT2D eigenvalue weighted by Crippen LogP contribution is -2.33. The van der Waals surface area contributed by atoms with Crippen LogP contribution in [0.4, 0.5) is 17.1 Å². The number of furan rings is 1. The van der Waals surface area contributed by atoms with Crippen molar-refractivity contribution in [1.82, 2.24) is 0 Å². The highest BCUT2D eigenvalue weighted by atomic mass is 16.3. The topological polar surface area (TPSA) is 16.4 Å². The molecule has 0 N–H and O–H groups in total. The number of benzene rings is 8. The number of anilines is 3. The summed E-state index contributed by atoms with van der Waals surface area (Å²) >= 11 is 0. The van der Waals surface area contributed by atoms with E-state index < -0.39 is 0 Å². The molecule has 0 aliphatic heterocycles. The summed E-state index contributed by atoms with van der Waals surface area (Å²) in [7, 11) is 0. The third-order valence-electron chi connectivity index (χ3n) is 14.2. The normalized spacial score (nSPS) is 15.6. The van der Waals surface area contributed by atoms with Gasteiger partial charge >= 0.3 is 0 Å². The van der Waals surface area contributed by atoms with Gasteiger partial charge in [-0.2, -0.15) is 0 Å². The zero-order valence-electron chi connectivity index (χ0n) is 36.0. The standard InChI is InChI=1S/C59H51NO/c1-57(2)33-34-58(3,4)52-36-40(25-31-50(52)57)44-19-14-21-53(56(44)41-26-32-55-48(35-41)47-18-11-13-22-54(47)61-55)60(42-27-23-39(24-28-42)38-15-8-7-9-16-38)43-29-30-46-45-17-10-12-20-49(45)59(5,6)51(46)37-43/h7-32,35-37H,33-34H2,1-6H3. The Bertz CT molecular complexity index is 3160. The van der Waals surface area contributed by atoms with Gasteiger partial charge in [0.05, 0.1) is 5.69 Å². The summed E-state index contributed by atoms with van der Waals surface area (Å²) in [4.78, 5) is 2.50. The lowest BCUT2D eigenvalue weighted by Gasteiger charge is -2.42. The average Bonchev–Trinajstić information content (AvgIpc) is 3.77. The average molecular weight is 790 g/mol. The second-order valence-corrected chi connectivity index (χ2v) is 19.2. The van der Waals surface area contributed by atoms with E-state index in [0.29, 0.717) is 0 Å². The molecular weight excluding hydrogens is 739 g/mol. The molecule has 0 atom stereocenters. The van der Waals surface area contributed by atoms with Gasteiger partial charge in [-0.25, -0.2) is 0 Å². The molecule has 2 aliphatic rings. The van der Waals surface area contributed by atoms with Crippen molar-refractivity contribution in [2.45, 2.75) is 70.6 Å². The first-order valence-corrected chi connectivity index (χ1v) is 21.9. The predicted octanol–water partition coefficient (Wildman–Crippen LogP) is 16.7. The molecular formula is C59H51NO. The highest BCUT2D eigenvalue weighted by Gasteiger charge is 2.38. The van der Waals surface area contributed by atoms with Crippen molar-refractivity contribution in [2.24, 2.45) is 0 Å². The zero-order valence-corrected chi connectivity index (χ0v) is 36.0. The number of hydrogen-bond donors (Lipinski definition) is 0. The largest absolute Gasteiger partial charge is 0.456 e. The Kier molecular flexibility index (Phi) is 8.39. The molecule has 0 saturated heterocycles. The first-order chi connectivity index (χ1) is 29.5. The number of nitrogens with zero attached hydrogens (tertiary/aromatic N) is 1. The van der Waals surface area contributed by atoms with E-state index in [0.717, 1.165) is 44.6 Å². The lowest BCUT2D eigenvalue weighted by molar-refractivity contribution is 0.332. The third kappa shape index (κ3) is 5.98. The maximum absolute atomic E-state index is 6.41. The van der Waals surface area contributed by atoms with Crippen molar-refractivity contribution in [3.05, 3.63) is 198 Å². The van der Waals surface area contributed by atoms with Crippen LogP contribution in [0.1, 0.15) is 76.6 Å². The number of fused-ring (bicyclic) bond motifs is 7. The van der Waals surface area contributed by atoms with E-state index in [1.54, 1.807) is 0 Å². The zero-order chi connectivity index (χ0) is 41.7. The van der Waals surface area contributed by atoms with E-state index in [-0.39, 0.29) is 16.2 Å². The second-order valence-electron chi connectivity index (χ2n) is 19.2. The summed E-state index contributed by atoms with van der Waals surface area (Å²) in [5.41, 5.74) is 20.7.